The molecule has 15 heteroatoms. The Hall–Kier alpha value is -3.14. The van der Waals surface area contributed by atoms with Gasteiger partial charge in [0.15, 0.2) is 19.7 Å². The zero-order valence-corrected chi connectivity index (χ0v) is 29.9. The highest BCUT2D eigenvalue weighted by molar-refractivity contribution is 7.92. The van der Waals surface area contributed by atoms with Gasteiger partial charge in [-0.1, -0.05) is 57.9 Å². The summed E-state index contributed by atoms with van der Waals surface area (Å²) >= 11 is 0. The number of carbonyl (C=O) groups excluding carboxylic acids is 2. The van der Waals surface area contributed by atoms with Gasteiger partial charge in [0.2, 0.25) is 5.91 Å². The molecule has 0 radical (unpaired) electrons. The van der Waals surface area contributed by atoms with Crippen LogP contribution in [0.5, 0.6) is 0 Å². The number of hydrogen-bond acceptors (Lipinski definition) is 9. The molecule has 0 bridgehead atoms. The van der Waals surface area contributed by atoms with Crippen molar-refractivity contribution in [3.8, 4) is 0 Å². The average molecular weight is 730 g/mol. The quantitative estimate of drug-likeness (QED) is 0.170. The summed E-state index contributed by atoms with van der Waals surface area (Å²) in [5.41, 5.74) is 2.21. The fourth-order valence-electron chi connectivity index (χ4n) is 5.90. The van der Waals surface area contributed by atoms with Gasteiger partial charge >= 0.3 is 6.09 Å². The lowest BCUT2D eigenvalue weighted by Gasteiger charge is -2.28. The number of carbonyl (C=O) groups is 2. The van der Waals surface area contributed by atoms with Gasteiger partial charge in [-0.05, 0) is 60.9 Å². The third-order valence-corrected chi connectivity index (χ3v) is 12.5. The van der Waals surface area contributed by atoms with E-state index in [1.165, 1.54) is 0 Å². The van der Waals surface area contributed by atoms with Crippen molar-refractivity contribution in [2.75, 3.05) is 23.8 Å². The second-order valence-corrected chi connectivity index (χ2v) is 17.2. The summed E-state index contributed by atoms with van der Waals surface area (Å²) in [7, 11) is -7.36. The Morgan fingerprint density at radius 3 is 2.22 bits per heavy atom. The van der Waals surface area contributed by atoms with E-state index < -0.39 is 84.4 Å². The van der Waals surface area contributed by atoms with Crippen molar-refractivity contribution in [2.45, 2.75) is 102 Å². The van der Waals surface area contributed by atoms with Crippen LogP contribution in [-0.2, 0) is 48.6 Å². The molecule has 0 saturated carbocycles. The van der Waals surface area contributed by atoms with Crippen LogP contribution in [0.25, 0.3) is 0 Å². The number of hydrogen-bond donors (Lipinski definition) is 4. The van der Waals surface area contributed by atoms with E-state index in [2.05, 4.69) is 16.0 Å². The van der Waals surface area contributed by atoms with Crippen molar-refractivity contribution in [3.05, 3.63) is 70.8 Å². The smallest absolute Gasteiger partial charge is 0.408 e. The van der Waals surface area contributed by atoms with Crippen LogP contribution in [0.2, 0.25) is 0 Å². The highest BCUT2D eigenvalue weighted by Gasteiger charge is 2.36. The number of nitrogens with one attached hydrogen (secondary N) is 3. The number of ether oxygens (including phenoxy) is 1. The fraction of sp³-hybridized carbons (Fsp3) is 0.588. The van der Waals surface area contributed by atoms with Gasteiger partial charge in [0.25, 0.3) is 0 Å². The number of aliphatic hydroxyl groups is 1. The number of aliphatic hydroxyl groups excluding tert-OH is 1. The van der Waals surface area contributed by atoms with Gasteiger partial charge in [-0.25, -0.2) is 30.4 Å². The molecule has 274 valence electrons. The maximum absolute atomic E-state index is 14.1. The fourth-order valence-corrected chi connectivity index (χ4v) is 9.65. The van der Waals surface area contributed by atoms with Crippen LogP contribution in [0.3, 0.4) is 0 Å². The minimum absolute atomic E-state index is 0.0528. The first kappa shape index (κ1) is 40.3. The molecule has 2 unspecified atom stereocenters. The minimum atomic E-state index is -3.96. The average Bonchev–Trinajstić information content (AvgIpc) is 3.37. The summed E-state index contributed by atoms with van der Waals surface area (Å²) < 4.78 is 84.3. The second-order valence-electron chi connectivity index (χ2n) is 12.6. The minimum Gasteiger partial charge on any atom is -0.445 e. The van der Waals surface area contributed by atoms with Crippen molar-refractivity contribution in [1.82, 2.24) is 16.0 Å². The van der Waals surface area contributed by atoms with E-state index in [1.807, 2.05) is 45.0 Å². The summed E-state index contributed by atoms with van der Waals surface area (Å²) in [6, 6.07) is 7.78. The van der Waals surface area contributed by atoms with Gasteiger partial charge in [0.05, 0.1) is 34.7 Å². The number of sulfone groups is 2. The van der Waals surface area contributed by atoms with E-state index in [0.717, 1.165) is 29.7 Å². The molecule has 49 heavy (non-hydrogen) atoms. The molecule has 2 amide bonds. The summed E-state index contributed by atoms with van der Waals surface area (Å²) in [5, 5.41) is 18.5. The lowest BCUT2D eigenvalue weighted by atomic mass is 10.00. The van der Waals surface area contributed by atoms with Crippen molar-refractivity contribution in [2.24, 2.45) is 0 Å². The van der Waals surface area contributed by atoms with E-state index in [4.69, 9.17) is 4.74 Å². The number of rotatable bonds is 19. The monoisotopic (exact) mass is 729 g/mol. The van der Waals surface area contributed by atoms with Gasteiger partial charge in [-0.2, -0.15) is 0 Å². The number of halogens is 2. The van der Waals surface area contributed by atoms with E-state index in [0.29, 0.717) is 38.3 Å². The SMILES string of the molecule is CCCC(CCC)S(=O)(=O)CC(NC(=O)OC1CCS(=O)(=O)C1)C(=O)N[C@@H](Cc1cc(F)cc(F)c1)[C@H](O)CNCc1cccc(CC)c1. The van der Waals surface area contributed by atoms with Crippen LogP contribution >= 0.6 is 0 Å². The maximum Gasteiger partial charge on any atom is 0.408 e. The van der Waals surface area contributed by atoms with E-state index in [9.17, 15) is 40.3 Å². The first-order valence-electron chi connectivity index (χ1n) is 16.8. The lowest BCUT2D eigenvalue weighted by Crippen LogP contribution is -2.57. The van der Waals surface area contributed by atoms with E-state index >= 15 is 0 Å². The van der Waals surface area contributed by atoms with Crippen LogP contribution < -0.4 is 16.0 Å². The number of amides is 2. The summed E-state index contributed by atoms with van der Waals surface area (Å²) in [4.78, 5) is 26.7. The van der Waals surface area contributed by atoms with E-state index in [1.54, 1.807) is 0 Å². The highest BCUT2D eigenvalue weighted by Crippen LogP contribution is 2.19. The summed E-state index contributed by atoms with van der Waals surface area (Å²) in [6.07, 6.45) is -0.944. The molecule has 0 aliphatic carbocycles. The topological polar surface area (TPSA) is 168 Å². The van der Waals surface area contributed by atoms with Crippen molar-refractivity contribution in [3.63, 3.8) is 0 Å². The van der Waals surface area contributed by atoms with Crippen molar-refractivity contribution in [1.29, 1.82) is 0 Å². The van der Waals surface area contributed by atoms with Crippen LogP contribution in [0.15, 0.2) is 42.5 Å². The maximum atomic E-state index is 14.1. The molecule has 0 aromatic heterocycles. The van der Waals surface area contributed by atoms with Gasteiger partial charge in [0.1, 0.15) is 23.8 Å². The number of alkyl carbamates (subject to hydrolysis) is 1. The summed E-state index contributed by atoms with van der Waals surface area (Å²) in [6.45, 7) is 6.02. The molecule has 1 saturated heterocycles. The molecule has 3 rings (SSSR count). The molecule has 11 nitrogen and oxygen atoms in total. The van der Waals surface area contributed by atoms with Gasteiger partial charge in [-0.15, -0.1) is 0 Å². The predicted molar refractivity (Wildman–Crippen MR) is 183 cm³/mol. The molecule has 2 aromatic rings. The first-order chi connectivity index (χ1) is 23.1. The van der Waals surface area contributed by atoms with Gasteiger partial charge in [-0.3, -0.25) is 4.79 Å². The second kappa shape index (κ2) is 18.7. The number of benzene rings is 2. The van der Waals surface area contributed by atoms with Crippen LogP contribution in [0.1, 0.15) is 69.6 Å². The molecule has 4 N–H and O–H groups in total. The highest BCUT2D eigenvalue weighted by atomic mass is 32.2. The molecule has 1 aliphatic heterocycles. The Bertz CT molecular complexity index is 1600. The molecule has 1 aliphatic rings. The first-order valence-corrected chi connectivity index (χ1v) is 20.3. The van der Waals surface area contributed by atoms with Gasteiger partial charge < -0.3 is 25.8 Å². The molecule has 4 atom stereocenters. The van der Waals surface area contributed by atoms with Crippen LogP contribution in [-0.4, -0.2) is 87.3 Å². The van der Waals surface area contributed by atoms with Crippen molar-refractivity contribution >= 4 is 31.7 Å². The normalized spacial score (nSPS) is 17.7. The molecule has 1 fully saturated rings. The third-order valence-electron chi connectivity index (χ3n) is 8.45. The zero-order valence-electron chi connectivity index (χ0n) is 28.3. The molecular weight excluding hydrogens is 681 g/mol. The third kappa shape index (κ3) is 13.3. The number of aryl methyl sites for hydroxylation is 1. The predicted octanol–water partition coefficient (Wildman–Crippen LogP) is 3.37. The van der Waals surface area contributed by atoms with Crippen LogP contribution in [0, 0.1) is 11.6 Å². The Kier molecular flexibility index (Phi) is 15.4. The Morgan fingerprint density at radius 2 is 1.63 bits per heavy atom. The van der Waals surface area contributed by atoms with Gasteiger partial charge in [0, 0.05) is 19.2 Å². The van der Waals surface area contributed by atoms with Crippen LogP contribution in [0.4, 0.5) is 13.6 Å². The van der Waals surface area contributed by atoms with Crippen molar-refractivity contribution < 1.29 is 45.0 Å². The molecule has 2 aromatic carbocycles. The molecule has 1 heterocycles. The molecular formula is C34H49F2N3O8S2. The lowest BCUT2D eigenvalue weighted by molar-refractivity contribution is -0.124. The van der Waals surface area contributed by atoms with E-state index in [-0.39, 0.29) is 30.7 Å². The Balaban J connectivity index is 1.85. The zero-order chi connectivity index (χ0) is 36.2. The summed E-state index contributed by atoms with van der Waals surface area (Å²) in [5.74, 6) is -4.03. The Labute approximate surface area is 288 Å². The standard InChI is InChI=1S/C34H49F2N3O8S2/c1-4-8-29(9-5-2)49(45,46)22-31(39-34(42)47-28-12-13-48(43,44)21-28)33(41)38-30(17-25-15-26(35)18-27(36)16-25)32(40)20-37-19-24-11-7-10-23(6-3)14-24/h7,10-11,14-16,18,28-32,37,40H,4-6,8-9,12-13,17,19-22H2,1-3H3,(H,38,41)(H,39,42)/t28?,30-,31?,32+/m0/s1. The Morgan fingerprint density at radius 1 is 0.980 bits per heavy atom. The largest absolute Gasteiger partial charge is 0.445 e. The molecule has 0 spiro atoms.